The van der Waals surface area contributed by atoms with Crippen LogP contribution in [0.25, 0.3) is 0 Å². The first-order valence-electron chi connectivity index (χ1n) is 12.9. The van der Waals surface area contributed by atoms with E-state index in [0.717, 1.165) is 40.9 Å². The Morgan fingerprint density at radius 3 is 2.41 bits per heavy atom. The lowest BCUT2D eigenvalue weighted by Gasteiger charge is -2.32. The molecule has 192 valence electrons. The maximum absolute atomic E-state index is 13.7. The predicted molar refractivity (Wildman–Crippen MR) is 141 cm³/mol. The zero-order valence-electron chi connectivity index (χ0n) is 21.7. The number of hydrogen-bond acceptors (Lipinski definition) is 4. The Balaban J connectivity index is 1.32. The molecule has 0 unspecified atom stereocenters. The Labute approximate surface area is 217 Å². The van der Waals surface area contributed by atoms with Crippen molar-refractivity contribution in [3.63, 3.8) is 0 Å². The van der Waals surface area contributed by atoms with E-state index in [2.05, 4.69) is 10.4 Å². The van der Waals surface area contributed by atoms with Gasteiger partial charge >= 0.3 is 0 Å². The highest BCUT2D eigenvalue weighted by Crippen LogP contribution is 2.27. The summed E-state index contributed by atoms with van der Waals surface area (Å²) < 4.78 is 1.77. The van der Waals surface area contributed by atoms with Crippen LogP contribution in [0, 0.1) is 19.8 Å². The van der Waals surface area contributed by atoms with Crippen LogP contribution in [0.4, 0.5) is 5.69 Å². The van der Waals surface area contributed by atoms with Crippen LogP contribution in [0.15, 0.2) is 48.5 Å². The number of hydrogen-bond donors (Lipinski definition) is 1. The Hall–Kier alpha value is -3.94. The third-order valence-corrected chi connectivity index (χ3v) is 7.59. The molecule has 0 saturated carbocycles. The van der Waals surface area contributed by atoms with E-state index in [-0.39, 0.29) is 23.6 Å². The number of aromatic nitrogens is 2. The van der Waals surface area contributed by atoms with Gasteiger partial charge in [-0.2, -0.15) is 5.10 Å². The first-order chi connectivity index (χ1) is 17.8. The highest BCUT2D eigenvalue weighted by Gasteiger charge is 2.35. The molecule has 1 atom stereocenters. The smallest absolute Gasteiger partial charge is 0.274 e. The number of carbonyl (C=O) groups is 3. The SMILES string of the molecule is Cc1ccccc1NC(=O)[C@H]1CCCN(C(=O)c2nn(C)c3c2CN(C(=O)c2ccccc2C)CC3)C1. The molecule has 8 heteroatoms. The molecule has 0 aliphatic carbocycles. The van der Waals surface area contributed by atoms with Gasteiger partial charge in [-0.1, -0.05) is 36.4 Å². The fourth-order valence-electron chi connectivity index (χ4n) is 5.39. The van der Waals surface area contributed by atoms with Crippen molar-refractivity contribution in [3.8, 4) is 0 Å². The van der Waals surface area contributed by atoms with Crippen molar-refractivity contribution in [1.82, 2.24) is 19.6 Å². The second-order valence-electron chi connectivity index (χ2n) is 10.1. The van der Waals surface area contributed by atoms with Crippen LogP contribution in [-0.4, -0.2) is 56.9 Å². The normalized spacial score (nSPS) is 17.3. The summed E-state index contributed by atoms with van der Waals surface area (Å²) in [6.45, 7) is 5.77. The number of aryl methyl sites for hydroxylation is 3. The second-order valence-corrected chi connectivity index (χ2v) is 10.1. The van der Waals surface area contributed by atoms with Crippen molar-refractivity contribution in [3.05, 3.63) is 82.2 Å². The molecule has 3 aromatic rings. The summed E-state index contributed by atoms with van der Waals surface area (Å²) in [7, 11) is 1.85. The van der Waals surface area contributed by atoms with Crippen LogP contribution >= 0.6 is 0 Å². The van der Waals surface area contributed by atoms with Crippen molar-refractivity contribution in [2.45, 2.75) is 39.7 Å². The van der Waals surface area contributed by atoms with Gasteiger partial charge in [0.1, 0.15) is 0 Å². The lowest BCUT2D eigenvalue weighted by molar-refractivity contribution is -0.121. The lowest BCUT2D eigenvalue weighted by atomic mass is 9.96. The van der Waals surface area contributed by atoms with Crippen LogP contribution in [-0.2, 0) is 24.8 Å². The average Bonchev–Trinajstić information content (AvgIpc) is 3.25. The van der Waals surface area contributed by atoms with Gasteiger partial charge in [-0.3, -0.25) is 19.1 Å². The maximum atomic E-state index is 13.7. The molecule has 2 aliphatic heterocycles. The quantitative estimate of drug-likeness (QED) is 0.593. The minimum absolute atomic E-state index is 0.0306. The van der Waals surface area contributed by atoms with E-state index >= 15 is 0 Å². The highest BCUT2D eigenvalue weighted by molar-refractivity contribution is 5.98. The summed E-state index contributed by atoms with van der Waals surface area (Å²) >= 11 is 0. The van der Waals surface area contributed by atoms with Crippen molar-refractivity contribution in [2.75, 3.05) is 25.0 Å². The number of piperidine rings is 1. The molecule has 37 heavy (non-hydrogen) atoms. The molecule has 1 saturated heterocycles. The van der Waals surface area contributed by atoms with Gasteiger partial charge in [-0.25, -0.2) is 0 Å². The fraction of sp³-hybridized carbons (Fsp3) is 0.379. The minimum atomic E-state index is -0.282. The van der Waals surface area contributed by atoms with Crippen LogP contribution < -0.4 is 5.32 Å². The zero-order chi connectivity index (χ0) is 26.1. The second kappa shape index (κ2) is 10.2. The molecule has 3 amide bonds. The molecule has 8 nitrogen and oxygen atoms in total. The molecule has 2 aliphatic rings. The number of rotatable bonds is 4. The number of carbonyl (C=O) groups excluding carboxylic acids is 3. The predicted octanol–water partition coefficient (Wildman–Crippen LogP) is 3.73. The van der Waals surface area contributed by atoms with E-state index in [1.165, 1.54) is 0 Å². The molecule has 0 spiro atoms. The molecule has 1 aromatic heterocycles. The van der Waals surface area contributed by atoms with Crippen LogP contribution in [0.2, 0.25) is 0 Å². The number of nitrogens with zero attached hydrogens (tertiary/aromatic N) is 4. The largest absolute Gasteiger partial charge is 0.336 e. The standard InChI is InChI=1S/C29H33N5O3/c1-19-9-4-6-12-22(19)28(36)34-16-14-25-23(18-34)26(31-32(25)3)29(37)33-15-8-11-21(17-33)27(35)30-24-13-7-5-10-20(24)2/h4-7,9-10,12-13,21H,8,11,14-18H2,1-3H3,(H,30,35)/t21-/m0/s1. The Morgan fingerprint density at radius 2 is 1.65 bits per heavy atom. The topological polar surface area (TPSA) is 87.5 Å². The summed E-state index contributed by atoms with van der Waals surface area (Å²) in [5, 5.41) is 7.62. The van der Waals surface area contributed by atoms with Crippen molar-refractivity contribution in [1.29, 1.82) is 0 Å². The third kappa shape index (κ3) is 4.88. The first-order valence-corrected chi connectivity index (χ1v) is 12.9. The van der Waals surface area contributed by atoms with Crippen molar-refractivity contribution >= 4 is 23.4 Å². The molecule has 1 fully saturated rings. The number of anilines is 1. The van der Waals surface area contributed by atoms with Crippen LogP contribution in [0.1, 0.15) is 56.1 Å². The molecule has 0 bridgehead atoms. The van der Waals surface area contributed by atoms with E-state index in [0.29, 0.717) is 43.9 Å². The van der Waals surface area contributed by atoms with Gasteiger partial charge in [-0.05, 0) is 49.9 Å². The van der Waals surface area contributed by atoms with Crippen molar-refractivity contribution in [2.24, 2.45) is 13.0 Å². The summed E-state index contributed by atoms with van der Waals surface area (Å²) in [6, 6.07) is 15.3. The van der Waals surface area contributed by atoms with E-state index in [9.17, 15) is 14.4 Å². The molecule has 0 radical (unpaired) electrons. The molecular weight excluding hydrogens is 466 g/mol. The Kier molecular flexibility index (Phi) is 6.82. The van der Waals surface area contributed by atoms with Crippen LogP contribution in [0.3, 0.4) is 0 Å². The average molecular weight is 500 g/mol. The van der Waals surface area contributed by atoms with Gasteiger partial charge in [0.2, 0.25) is 5.91 Å². The summed E-state index contributed by atoms with van der Waals surface area (Å²) in [5.74, 6) is -0.548. The summed E-state index contributed by atoms with van der Waals surface area (Å²) in [4.78, 5) is 43.5. The van der Waals surface area contributed by atoms with Crippen LogP contribution in [0.5, 0.6) is 0 Å². The highest BCUT2D eigenvalue weighted by atomic mass is 16.2. The number of fused-ring (bicyclic) bond motifs is 1. The molecule has 5 rings (SSSR count). The number of para-hydroxylation sites is 1. The number of likely N-dealkylation sites (tertiary alicyclic amines) is 1. The maximum Gasteiger partial charge on any atom is 0.274 e. The first kappa shape index (κ1) is 24.7. The van der Waals surface area contributed by atoms with Gasteiger partial charge in [0.25, 0.3) is 11.8 Å². The number of benzene rings is 2. The van der Waals surface area contributed by atoms with Gasteiger partial charge in [0, 0.05) is 55.6 Å². The monoisotopic (exact) mass is 499 g/mol. The number of nitrogens with one attached hydrogen (secondary N) is 1. The molecule has 3 heterocycles. The van der Waals surface area contributed by atoms with E-state index < -0.39 is 0 Å². The van der Waals surface area contributed by atoms with E-state index in [1.807, 2.05) is 69.4 Å². The van der Waals surface area contributed by atoms with Gasteiger partial charge in [0.05, 0.1) is 12.5 Å². The minimum Gasteiger partial charge on any atom is -0.336 e. The van der Waals surface area contributed by atoms with Gasteiger partial charge in [0.15, 0.2) is 5.69 Å². The molecular formula is C29H33N5O3. The number of amides is 3. The third-order valence-electron chi connectivity index (χ3n) is 7.59. The zero-order valence-corrected chi connectivity index (χ0v) is 21.7. The molecule has 1 N–H and O–H groups in total. The Bertz CT molecular complexity index is 1360. The summed E-state index contributed by atoms with van der Waals surface area (Å²) in [5.41, 5.74) is 5.61. The Morgan fingerprint density at radius 1 is 0.919 bits per heavy atom. The lowest BCUT2D eigenvalue weighted by Crippen LogP contribution is -2.44. The van der Waals surface area contributed by atoms with Gasteiger partial charge in [-0.15, -0.1) is 0 Å². The summed E-state index contributed by atoms with van der Waals surface area (Å²) in [6.07, 6.45) is 2.14. The van der Waals surface area contributed by atoms with E-state index in [4.69, 9.17) is 0 Å². The fourth-order valence-corrected chi connectivity index (χ4v) is 5.39. The van der Waals surface area contributed by atoms with Gasteiger partial charge < -0.3 is 15.1 Å². The molecule has 2 aromatic carbocycles. The van der Waals surface area contributed by atoms with Crippen molar-refractivity contribution < 1.29 is 14.4 Å². The van der Waals surface area contributed by atoms with E-state index in [1.54, 1.807) is 14.5 Å².